The van der Waals surface area contributed by atoms with Gasteiger partial charge in [0.1, 0.15) is 0 Å². The quantitative estimate of drug-likeness (QED) is 0.352. The topological polar surface area (TPSA) is 0 Å². The molecule has 0 aromatic rings. The summed E-state index contributed by atoms with van der Waals surface area (Å²) >= 11 is 0. The van der Waals surface area contributed by atoms with Crippen molar-refractivity contribution in [2.45, 2.75) is 0 Å². The molecule has 29 valence electrons. The van der Waals surface area contributed by atoms with Crippen LogP contribution in [0, 0.1) is 0 Å². The molecule has 0 aliphatic heterocycles. The molecule has 0 saturated heterocycles. The van der Waals surface area contributed by atoms with Crippen molar-refractivity contribution in [3.8, 4) is 0 Å². The molecule has 0 spiro atoms. The van der Waals surface area contributed by atoms with Gasteiger partial charge in [-0.3, -0.25) is 0 Å². The fourth-order valence-electron chi connectivity index (χ4n) is 0. The Kier molecular flexibility index (Phi) is 254. The Morgan fingerprint density at radius 3 is 1.00 bits per heavy atom. The summed E-state index contributed by atoms with van der Waals surface area (Å²) in [6, 6.07) is 0. The molecule has 0 heterocycles. The number of hydrogen-bond acceptors (Lipinski definition) is 0. The fraction of sp³-hybridized carbons (Fsp3) is 0. The van der Waals surface area contributed by atoms with E-state index in [9.17, 15) is 0 Å². The summed E-state index contributed by atoms with van der Waals surface area (Å²) in [7, 11) is 0. The molecule has 0 N–H and O–H groups in total. The average Bonchev–Trinajstić information content (AvgIpc) is 0. The smallest absolute Gasteiger partial charge is 0 e. The molecule has 5 heteroatoms. The van der Waals surface area contributed by atoms with E-state index in [0.29, 0.717) is 0 Å². The zero-order valence-corrected chi connectivity index (χ0v) is 2.86. The molecular weight excluding hydrogens is 172 g/mol. The first-order valence-electron chi connectivity index (χ1n) is 0. The summed E-state index contributed by atoms with van der Waals surface area (Å²) < 4.78 is 0. The molecule has 0 fully saturated rings. The van der Waals surface area contributed by atoms with Crippen LogP contribution >= 0.6 is 0 Å². The molecule has 0 aromatic heterocycles. The second kappa shape index (κ2) is 28.5. The van der Waals surface area contributed by atoms with Crippen LogP contribution in [0.15, 0.2) is 0 Å². The van der Waals surface area contributed by atoms with Gasteiger partial charge in [-0.1, -0.05) is 0 Å². The first-order chi connectivity index (χ1) is 0. The van der Waals surface area contributed by atoms with Gasteiger partial charge in [0.05, 0.1) is 0 Å². The molecule has 0 rings (SSSR count). The van der Waals surface area contributed by atoms with Gasteiger partial charge in [-0.2, -0.15) is 0 Å². The molecule has 1 radical (unpaired) electrons. The molecule has 0 aliphatic carbocycles. The minimum Gasteiger partial charge on any atom is 0 e. The summed E-state index contributed by atoms with van der Waals surface area (Å²) in [4.78, 5) is 0. The average molecular weight is 178 g/mol. The van der Waals surface area contributed by atoms with Crippen molar-refractivity contribution in [3.63, 3.8) is 0 Å². The van der Waals surface area contributed by atoms with Crippen molar-refractivity contribution in [1.29, 1.82) is 0 Å². The molecule has 0 saturated carbocycles. The Bertz CT molecular complexity index is 11.6. The Morgan fingerprint density at radius 2 is 1.00 bits per heavy atom. The molecule has 0 atom stereocenters. The van der Waals surface area contributed by atoms with Crippen LogP contribution in [0.25, 0.3) is 0 Å². The first-order valence-corrected chi connectivity index (χ1v) is 0. The fourth-order valence-corrected chi connectivity index (χ4v) is 0. The third kappa shape index (κ3) is 19.7. The van der Waals surface area contributed by atoms with E-state index in [1.54, 1.807) is 0 Å². The van der Waals surface area contributed by atoms with Gasteiger partial charge in [0.15, 0.2) is 17.4 Å². The molecule has 5 heavy (non-hydrogen) atoms. The second-order valence-corrected chi connectivity index (χ2v) is 0. The summed E-state index contributed by atoms with van der Waals surface area (Å²) in [6.45, 7) is 0. The van der Waals surface area contributed by atoms with Crippen LogP contribution in [0.2, 0.25) is 0 Å². The van der Waals surface area contributed by atoms with E-state index in [2.05, 4.69) is 0 Å². The maximum atomic E-state index is 0. The van der Waals surface area contributed by atoms with Crippen molar-refractivity contribution in [1.82, 2.24) is 0 Å². The van der Waals surface area contributed by atoms with Gasteiger partial charge < -0.3 is 0 Å². The SMILES string of the molecule is [AlH3].[LiH].[MgH2].[Mn].[Ni]. The molecule has 0 aromatic carbocycles. The van der Waals surface area contributed by atoms with Crippen LogP contribution in [-0.2, 0) is 33.6 Å². The standard InChI is InChI=1S/Al.Li.Mg.Mn.Ni.6H. The third-order valence-corrected chi connectivity index (χ3v) is 0. The largest absolute Gasteiger partial charge is 0.316 e. The number of rotatable bonds is 0. The Hall–Kier alpha value is 2.91. The minimum atomic E-state index is 0. The van der Waals surface area contributed by atoms with E-state index in [1.165, 1.54) is 0 Å². The maximum Gasteiger partial charge on any atom is 0.316 e. The molecule has 0 aliphatic rings. The van der Waals surface area contributed by atoms with Crippen molar-refractivity contribution >= 4 is 59.3 Å². The third-order valence-electron chi connectivity index (χ3n) is 0. The summed E-state index contributed by atoms with van der Waals surface area (Å²) in [5.74, 6) is 0. The van der Waals surface area contributed by atoms with Gasteiger partial charge in [0.25, 0.3) is 0 Å². The van der Waals surface area contributed by atoms with E-state index in [1.807, 2.05) is 0 Å². The van der Waals surface area contributed by atoms with E-state index in [4.69, 9.17) is 0 Å². The van der Waals surface area contributed by atoms with Gasteiger partial charge in [-0.05, 0) is 0 Å². The predicted octanol–water partition coefficient (Wildman–Crippen LogP) is -2.75. The molecular formula is H6AlLiMgMnNi. The Labute approximate surface area is 91.5 Å². The normalized spacial score (nSPS) is 0. The van der Waals surface area contributed by atoms with Crippen molar-refractivity contribution in [2.75, 3.05) is 0 Å². The van der Waals surface area contributed by atoms with Crippen LogP contribution in [0.1, 0.15) is 0 Å². The van der Waals surface area contributed by atoms with Crippen LogP contribution in [0.3, 0.4) is 0 Å². The molecule has 0 amide bonds. The van der Waals surface area contributed by atoms with E-state index in [-0.39, 0.29) is 92.8 Å². The van der Waals surface area contributed by atoms with Crippen LogP contribution < -0.4 is 0 Å². The van der Waals surface area contributed by atoms with Gasteiger partial charge in [0, 0.05) is 33.6 Å². The molecule has 0 bridgehead atoms. The van der Waals surface area contributed by atoms with Gasteiger partial charge >= 0.3 is 41.9 Å². The summed E-state index contributed by atoms with van der Waals surface area (Å²) in [5.41, 5.74) is 0. The van der Waals surface area contributed by atoms with Gasteiger partial charge in [-0.25, -0.2) is 0 Å². The van der Waals surface area contributed by atoms with Crippen LogP contribution in [-0.4, -0.2) is 59.3 Å². The Balaban J connectivity index is 0. The predicted molar refractivity (Wildman–Crippen MR) is 25.6 cm³/mol. The van der Waals surface area contributed by atoms with E-state index in [0.717, 1.165) is 0 Å². The van der Waals surface area contributed by atoms with Gasteiger partial charge in [-0.15, -0.1) is 0 Å². The van der Waals surface area contributed by atoms with Gasteiger partial charge in [0.2, 0.25) is 0 Å². The number of hydrogen-bond donors (Lipinski definition) is 0. The van der Waals surface area contributed by atoms with Crippen molar-refractivity contribution in [3.05, 3.63) is 0 Å². The van der Waals surface area contributed by atoms with Crippen molar-refractivity contribution < 1.29 is 33.6 Å². The van der Waals surface area contributed by atoms with E-state index >= 15 is 0 Å². The van der Waals surface area contributed by atoms with Crippen molar-refractivity contribution in [2.24, 2.45) is 0 Å². The Morgan fingerprint density at radius 1 is 1.00 bits per heavy atom. The molecule has 0 nitrogen and oxygen atoms in total. The zero-order chi connectivity index (χ0) is 0. The zero-order valence-electron chi connectivity index (χ0n) is 0.694. The molecule has 0 unspecified atom stereocenters. The second-order valence-electron chi connectivity index (χ2n) is 0. The van der Waals surface area contributed by atoms with Crippen LogP contribution in [0.5, 0.6) is 0 Å². The minimum absolute atomic E-state index is 0. The monoisotopic (exact) mass is 177 g/mol. The van der Waals surface area contributed by atoms with E-state index < -0.39 is 0 Å². The maximum absolute atomic E-state index is 0. The first kappa shape index (κ1) is 44.6. The summed E-state index contributed by atoms with van der Waals surface area (Å²) in [6.07, 6.45) is 0. The van der Waals surface area contributed by atoms with Crippen LogP contribution in [0.4, 0.5) is 0 Å². The summed E-state index contributed by atoms with van der Waals surface area (Å²) in [5, 5.41) is 0.